The highest BCUT2D eigenvalue weighted by molar-refractivity contribution is 5.93. The van der Waals surface area contributed by atoms with Crippen LogP contribution in [-0.2, 0) is 9.47 Å². The highest BCUT2D eigenvalue weighted by Crippen LogP contribution is 2.29. The minimum absolute atomic E-state index is 0.00638. The summed E-state index contributed by atoms with van der Waals surface area (Å²) in [5.41, 5.74) is 5.08. The summed E-state index contributed by atoms with van der Waals surface area (Å²) in [6, 6.07) is 26.4. The number of rotatable bonds is 18. The van der Waals surface area contributed by atoms with Crippen LogP contribution >= 0.6 is 0 Å². The molecule has 3 aromatic carbocycles. The lowest BCUT2D eigenvalue weighted by molar-refractivity contribution is 0.00504. The molecule has 24 heteroatoms. The van der Waals surface area contributed by atoms with Crippen LogP contribution in [0.15, 0.2) is 123 Å². The molecular formula is C60H65N11O13. The highest BCUT2D eigenvalue weighted by Gasteiger charge is 2.24. The number of hydrogen-bond acceptors (Lipinski definition) is 17. The van der Waals surface area contributed by atoms with E-state index in [2.05, 4.69) is 56.2 Å². The largest absolute Gasteiger partial charge is 0.477 e. The summed E-state index contributed by atoms with van der Waals surface area (Å²) in [5, 5.41) is 44.0. The molecule has 0 fully saturated rings. The second-order valence-electron chi connectivity index (χ2n) is 20.9. The lowest BCUT2D eigenvalue weighted by Gasteiger charge is -2.18. The number of carbonyl (C=O) groups excluding carboxylic acids is 4. The van der Waals surface area contributed by atoms with Crippen LogP contribution in [0.1, 0.15) is 158 Å². The maximum absolute atomic E-state index is 12.4. The Labute approximate surface area is 482 Å². The fourth-order valence-electron chi connectivity index (χ4n) is 7.86. The van der Waals surface area contributed by atoms with Crippen molar-refractivity contribution in [3.63, 3.8) is 0 Å². The van der Waals surface area contributed by atoms with E-state index < -0.39 is 35.1 Å². The Morgan fingerprint density at radius 3 is 1.07 bits per heavy atom. The average Bonchev–Trinajstić information content (AvgIpc) is 4.54. The van der Waals surface area contributed by atoms with Gasteiger partial charge in [-0.05, 0) is 122 Å². The number of benzene rings is 3. The SMILES string of the molecule is CC(C)(C)OC(=O)c1cc(-c2cccc(-c3ncc(C(=O)O)o3)c2)n[nH]1.CCC(CC)NC(=O)c1cnc(-c2cccc(-c3cc(C(=O)O)[nH]n3)c2)o1.CCC(CC)NC(=O)c1cnc(-c2cccc(-c3cc(C(=O)OC(C)(C)C)[nH]n3)c2)o1. The van der Waals surface area contributed by atoms with Crippen molar-refractivity contribution in [3.8, 4) is 68.1 Å². The van der Waals surface area contributed by atoms with E-state index >= 15 is 0 Å². The number of carboxylic acids is 2. The van der Waals surface area contributed by atoms with E-state index in [1.807, 2.05) is 52.0 Å². The predicted molar refractivity (Wildman–Crippen MR) is 306 cm³/mol. The quantitative estimate of drug-likeness (QED) is 0.0392. The van der Waals surface area contributed by atoms with Crippen LogP contribution in [0.2, 0.25) is 0 Å². The van der Waals surface area contributed by atoms with Gasteiger partial charge in [0.1, 0.15) is 28.3 Å². The van der Waals surface area contributed by atoms with E-state index in [9.17, 15) is 28.8 Å². The Morgan fingerprint density at radius 2 is 0.774 bits per heavy atom. The zero-order chi connectivity index (χ0) is 60.9. The topological polar surface area (TPSA) is 350 Å². The van der Waals surface area contributed by atoms with Gasteiger partial charge in [0.15, 0.2) is 0 Å². The van der Waals surface area contributed by atoms with Crippen molar-refractivity contribution in [1.82, 2.24) is 56.2 Å². The van der Waals surface area contributed by atoms with Crippen LogP contribution < -0.4 is 10.6 Å². The summed E-state index contributed by atoms with van der Waals surface area (Å²) in [7, 11) is 0. The van der Waals surface area contributed by atoms with Crippen molar-refractivity contribution >= 4 is 35.7 Å². The molecule has 0 aliphatic rings. The first-order valence-corrected chi connectivity index (χ1v) is 26.9. The van der Waals surface area contributed by atoms with Gasteiger partial charge in [-0.15, -0.1) is 0 Å². The van der Waals surface area contributed by atoms with Gasteiger partial charge in [-0.25, -0.2) is 34.1 Å². The van der Waals surface area contributed by atoms with Gasteiger partial charge in [-0.1, -0.05) is 64.1 Å². The van der Waals surface area contributed by atoms with Gasteiger partial charge in [0.2, 0.25) is 35.0 Å². The molecule has 0 saturated carbocycles. The number of H-pyrrole nitrogens is 3. The van der Waals surface area contributed by atoms with Crippen LogP contribution in [0.3, 0.4) is 0 Å². The lowest BCUT2D eigenvalue weighted by Crippen LogP contribution is -2.33. The van der Waals surface area contributed by atoms with Crippen molar-refractivity contribution < 1.29 is 61.7 Å². The van der Waals surface area contributed by atoms with Gasteiger partial charge >= 0.3 is 23.9 Å². The average molecular weight is 1150 g/mol. The molecule has 0 bridgehead atoms. The third-order valence-corrected chi connectivity index (χ3v) is 12.2. The van der Waals surface area contributed by atoms with E-state index in [1.54, 1.807) is 102 Å². The van der Waals surface area contributed by atoms with Crippen molar-refractivity contribution in [2.24, 2.45) is 0 Å². The number of nitrogens with zero attached hydrogens (tertiary/aromatic N) is 6. The molecule has 9 rings (SSSR count). The van der Waals surface area contributed by atoms with Gasteiger partial charge in [-0.3, -0.25) is 24.9 Å². The minimum atomic E-state index is -1.19. The fourth-order valence-corrected chi connectivity index (χ4v) is 7.86. The van der Waals surface area contributed by atoms with Crippen molar-refractivity contribution in [2.75, 3.05) is 0 Å². The monoisotopic (exact) mass is 1150 g/mol. The van der Waals surface area contributed by atoms with Gasteiger partial charge in [0.05, 0.1) is 35.7 Å². The summed E-state index contributed by atoms with van der Waals surface area (Å²) in [4.78, 5) is 83.2. The highest BCUT2D eigenvalue weighted by atomic mass is 16.6. The molecular weight excluding hydrogens is 1080 g/mol. The van der Waals surface area contributed by atoms with Crippen LogP contribution in [0.5, 0.6) is 0 Å². The van der Waals surface area contributed by atoms with Crippen molar-refractivity contribution in [2.45, 2.75) is 118 Å². The number of amides is 2. The molecule has 0 radical (unpaired) electrons. The third kappa shape index (κ3) is 16.4. The number of aromatic amines is 3. The Kier molecular flexibility index (Phi) is 19.7. The number of hydrogen-bond donors (Lipinski definition) is 7. The Bertz CT molecular complexity index is 3750. The summed E-state index contributed by atoms with van der Waals surface area (Å²) in [6.07, 6.45) is 7.35. The second-order valence-corrected chi connectivity index (χ2v) is 20.9. The first-order chi connectivity index (χ1) is 39.9. The van der Waals surface area contributed by atoms with E-state index in [0.29, 0.717) is 56.7 Å². The van der Waals surface area contributed by atoms with Gasteiger partial charge in [0, 0.05) is 45.5 Å². The molecule has 0 atom stereocenters. The fraction of sp³-hybridized carbons (Fsp3) is 0.300. The molecule has 0 spiro atoms. The van der Waals surface area contributed by atoms with Crippen molar-refractivity contribution in [1.29, 1.82) is 0 Å². The zero-order valence-corrected chi connectivity index (χ0v) is 47.9. The zero-order valence-electron chi connectivity index (χ0n) is 47.9. The number of oxazole rings is 3. The third-order valence-electron chi connectivity index (χ3n) is 12.2. The Morgan fingerprint density at radius 1 is 0.464 bits per heavy atom. The molecule has 6 heterocycles. The maximum Gasteiger partial charge on any atom is 0.373 e. The number of aromatic nitrogens is 9. The number of esters is 2. The molecule has 84 heavy (non-hydrogen) atoms. The van der Waals surface area contributed by atoms with E-state index in [-0.39, 0.29) is 64.2 Å². The predicted octanol–water partition coefficient (Wildman–Crippen LogP) is 11.3. The molecule has 0 saturated heterocycles. The van der Waals surface area contributed by atoms with Crippen LogP contribution in [0.25, 0.3) is 68.1 Å². The Hall–Kier alpha value is -10.3. The molecule has 0 unspecified atom stereocenters. The molecule has 2 amide bonds. The first kappa shape index (κ1) is 61.4. The molecule has 6 aromatic heterocycles. The molecule has 0 aliphatic heterocycles. The number of ether oxygens (including phenoxy) is 2. The Balaban J connectivity index is 0.000000182. The van der Waals surface area contributed by atoms with Gasteiger partial charge in [0.25, 0.3) is 11.8 Å². The van der Waals surface area contributed by atoms with Crippen LogP contribution in [-0.4, -0.2) is 115 Å². The maximum atomic E-state index is 12.4. The summed E-state index contributed by atoms with van der Waals surface area (Å²) in [5.74, 6) is -2.90. The van der Waals surface area contributed by atoms with E-state index in [1.165, 1.54) is 18.5 Å². The van der Waals surface area contributed by atoms with Crippen LogP contribution in [0.4, 0.5) is 0 Å². The molecule has 9 aromatic rings. The second kappa shape index (κ2) is 27.0. The number of aromatic carboxylic acids is 2. The number of carboxylic acid groups (broad SMARTS) is 2. The van der Waals surface area contributed by atoms with Crippen molar-refractivity contribution in [3.05, 3.63) is 144 Å². The molecule has 24 nitrogen and oxygen atoms in total. The number of carbonyl (C=O) groups is 6. The standard InChI is InChI=1S/C23H28N4O4.C19H20N4O4.C18H17N3O5/c1-6-16(7-2)25-20(28)19-13-24-21(30-19)15-10-8-9-14(11-15)17-12-18(27-26-17)22(29)31-23(3,4)5;1-3-13(4-2)21-17(24)16-10-20-18(27-16)12-7-5-6-11(8-12)14-9-15(19(25)26)23-22-14;1-18(2,3)26-17(24)13-8-12(20-21-13)10-5-4-6-11(7-10)15-19-9-14(25-15)16(22)23/h8-13,16H,6-7H2,1-5H3,(H,25,28)(H,26,27);5-10,13H,3-4H2,1-2H3,(H,21,24)(H,22,23)(H,25,26);4-9H,1-3H3,(H,20,21)(H,22,23). The molecule has 7 N–H and O–H groups in total. The summed E-state index contributed by atoms with van der Waals surface area (Å²) >= 11 is 0. The van der Waals surface area contributed by atoms with Gasteiger partial charge in [-0.2, -0.15) is 15.3 Å². The number of nitrogens with one attached hydrogen (secondary N) is 5. The van der Waals surface area contributed by atoms with Gasteiger partial charge < -0.3 is 43.6 Å². The van der Waals surface area contributed by atoms with E-state index in [4.69, 9.17) is 32.9 Å². The summed E-state index contributed by atoms with van der Waals surface area (Å²) < 4.78 is 27.2. The minimum Gasteiger partial charge on any atom is -0.477 e. The summed E-state index contributed by atoms with van der Waals surface area (Å²) in [6.45, 7) is 18.8. The molecule has 0 aliphatic carbocycles. The van der Waals surface area contributed by atoms with Crippen LogP contribution in [0, 0.1) is 0 Å². The lowest BCUT2D eigenvalue weighted by atomic mass is 10.1. The normalized spacial score (nSPS) is 11.3. The smallest absolute Gasteiger partial charge is 0.373 e. The first-order valence-electron chi connectivity index (χ1n) is 26.9. The van der Waals surface area contributed by atoms with E-state index in [0.717, 1.165) is 37.4 Å². The molecule has 438 valence electrons.